The summed E-state index contributed by atoms with van der Waals surface area (Å²) in [4.78, 5) is 24.6. The smallest absolute Gasteiger partial charge is 0.335 e. The Morgan fingerprint density at radius 1 is 0.791 bits per heavy atom. The predicted molar refractivity (Wildman–Crippen MR) is 162 cm³/mol. The third kappa shape index (κ3) is 10.1. The van der Waals surface area contributed by atoms with Crippen molar-refractivity contribution in [2.45, 2.75) is 38.5 Å². The highest BCUT2D eigenvalue weighted by atomic mass is 16.5. The van der Waals surface area contributed by atoms with E-state index in [1.54, 1.807) is 36.4 Å². The summed E-state index contributed by atoms with van der Waals surface area (Å²) in [5.74, 6) is -0.458. The van der Waals surface area contributed by atoms with Crippen molar-refractivity contribution < 1.29 is 29.3 Å². The SMILES string of the molecule is N#Cc1ccc(Oc2ccc(CO[C@@H](CN(CCCCC(=O)O)Cc3ccc(C(=O)O)cc3)c3ccccc3)cc2)cc1. The summed E-state index contributed by atoms with van der Waals surface area (Å²) in [6, 6.07) is 33.5. The maximum Gasteiger partial charge on any atom is 0.335 e. The number of nitriles is 1. The van der Waals surface area contributed by atoms with E-state index in [9.17, 15) is 14.7 Å². The molecule has 0 aliphatic carbocycles. The molecule has 0 unspecified atom stereocenters. The zero-order chi connectivity index (χ0) is 30.4. The van der Waals surface area contributed by atoms with Gasteiger partial charge in [-0.2, -0.15) is 5.26 Å². The van der Waals surface area contributed by atoms with Gasteiger partial charge in [-0.1, -0.05) is 54.6 Å². The Balaban J connectivity index is 1.44. The van der Waals surface area contributed by atoms with Gasteiger partial charge in [0.05, 0.1) is 29.9 Å². The van der Waals surface area contributed by atoms with Crippen molar-refractivity contribution in [1.29, 1.82) is 5.26 Å². The third-order valence-corrected chi connectivity index (χ3v) is 6.91. The maximum absolute atomic E-state index is 11.3. The van der Waals surface area contributed by atoms with E-state index >= 15 is 0 Å². The lowest BCUT2D eigenvalue weighted by molar-refractivity contribution is -0.137. The van der Waals surface area contributed by atoms with E-state index < -0.39 is 11.9 Å². The fraction of sp³-hybridized carbons (Fsp3) is 0.229. The van der Waals surface area contributed by atoms with E-state index in [1.165, 1.54) is 0 Å². The highest BCUT2D eigenvalue weighted by Gasteiger charge is 2.18. The molecule has 0 heterocycles. The number of carboxylic acids is 2. The molecular formula is C35H34N2O6. The lowest BCUT2D eigenvalue weighted by Crippen LogP contribution is -2.30. The van der Waals surface area contributed by atoms with Crippen LogP contribution in [0.5, 0.6) is 11.5 Å². The van der Waals surface area contributed by atoms with Gasteiger partial charge in [-0.25, -0.2) is 4.79 Å². The fourth-order valence-electron chi connectivity index (χ4n) is 4.60. The number of carboxylic acid groups (broad SMARTS) is 2. The second-order valence-electron chi connectivity index (χ2n) is 10.2. The van der Waals surface area contributed by atoms with Crippen LogP contribution >= 0.6 is 0 Å². The second-order valence-corrected chi connectivity index (χ2v) is 10.2. The Hall–Kier alpha value is -4.97. The molecule has 4 aromatic rings. The molecule has 0 aromatic heterocycles. The molecule has 220 valence electrons. The standard InChI is InChI=1S/C35H34N2O6/c36-22-26-11-17-31(18-12-26)43-32-19-13-28(14-20-32)25-42-33(29-6-2-1-3-7-29)24-37(21-5-4-8-34(38)39)23-27-9-15-30(16-10-27)35(40)41/h1-3,6-7,9-20,33H,4-5,8,21,23-25H2,(H,38,39)(H,40,41)/t33-/m0/s1. The number of hydrogen-bond donors (Lipinski definition) is 2. The minimum absolute atomic E-state index is 0.116. The van der Waals surface area contributed by atoms with Crippen LogP contribution in [-0.2, 0) is 22.7 Å². The Kier molecular flexibility index (Phi) is 11.4. The molecule has 43 heavy (non-hydrogen) atoms. The van der Waals surface area contributed by atoms with Gasteiger partial charge in [-0.15, -0.1) is 0 Å². The van der Waals surface area contributed by atoms with Gasteiger partial charge in [0.15, 0.2) is 0 Å². The van der Waals surface area contributed by atoms with Crippen molar-refractivity contribution in [3.05, 3.63) is 131 Å². The molecular weight excluding hydrogens is 544 g/mol. The van der Waals surface area contributed by atoms with E-state index in [0.29, 0.717) is 56.1 Å². The van der Waals surface area contributed by atoms with Gasteiger partial charge in [-0.3, -0.25) is 9.69 Å². The molecule has 0 aliphatic heterocycles. The Labute approximate surface area is 251 Å². The van der Waals surface area contributed by atoms with Crippen LogP contribution in [0.15, 0.2) is 103 Å². The number of aromatic carboxylic acids is 1. The van der Waals surface area contributed by atoms with Gasteiger partial charge in [0.25, 0.3) is 0 Å². The molecule has 1 atom stereocenters. The summed E-state index contributed by atoms with van der Waals surface area (Å²) in [5, 5.41) is 27.3. The molecule has 0 bridgehead atoms. The normalized spacial score (nSPS) is 11.5. The third-order valence-electron chi connectivity index (χ3n) is 6.91. The first kappa shape index (κ1) is 31.0. The molecule has 0 amide bonds. The monoisotopic (exact) mass is 578 g/mol. The lowest BCUT2D eigenvalue weighted by atomic mass is 10.1. The van der Waals surface area contributed by atoms with Gasteiger partial charge < -0.3 is 19.7 Å². The first-order valence-electron chi connectivity index (χ1n) is 14.1. The molecule has 4 rings (SSSR count). The number of ether oxygens (including phenoxy) is 2. The first-order chi connectivity index (χ1) is 20.9. The zero-order valence-corrected chi connectivity index (χ0v) is 23.8. The maximum atomic E-state index is 11.3. The quantitative estimate of drug-likeness (QED) is 0.136. The molecule has 0 fully saturated rings. The number of rotatable bonds is 16. The number of benzene rings is 4. The van der Waals surface area contributed by atoms with E-state index in [-0.39, 0.29) is 18.1 Å². The highest BCUT2D eigenvalue weighted by molar-refractivity contribution is 5.87. The Morgan fingerprint density at radius 2 is 1.42 bits per heavy atom. The van der Waals surface area contributed by atoms with Gasteiger partial charge in [0.1, 0.15) is 11.5 Å². The Morgan fingerprint density at radius 3 is 2.02 bits per heavy atom. The lowest BCUT2D eigenvalue weighted by Gasteiger charge is -2.28. The van der Waals surface area contributed by atoms with Crippen LogP contribution < -0.4 is 4.74 Å². The average molecular weight is 579 g/mol. The van der Waals surface area contributed by atoms with Crippen LogP contribution in [-0.4, -0.2) is 40.1 Å². The molecule has 4 aromatic carbocycles. The summed E-state index contributed by atoms with van der Waals surface area (Å²) >= 11 is 0. The molecule has 0 radical (unpaired) electrons. The van der Waals surface area contributed by atoms with Gasteiger partial charge >= 0.3 is 11.9 Å². The van der Waals surface area contributed by atoms with E-state index in [4.69, 9.17) is 19.8 Å². The number of unbranched alkanes of at least 4 members (excludes halogenated alkanes) is 1. The van der Waals surface area contributed by atoms with Crippen molar-refractivity contribution in [3.8, 4) is 17.6 Å². The average Bonchev–Trinajstić information content (AvgIpc) is 3.03. The molecule has 0 spiro atoms. The topological polar surface area (TPSA) is 120 Å². The van der Waals surface area contributed by atoms with Crippen LogP contribution in [0, 0.1) is 11.3 Å². The van der Waals surface area contributed by atoms with Crippen LogP contribution in [0.4, 0.5) is 0 Å². The van der Waals surface area contributed by atoms with Crippen LogP contribution in [0.25, 0.3) is 0 Å². The number of aliphatic carboxylic acids is 1. The molecule has 8 nitrogen and oxygen atoms in total. The van der Waals surface area contributed by atoms with Crippen molar-refractivity contribution in [3.63, 3.8) is 0 Å². The van der Waals surface area contributed by atoms with Crippen molar-refractivity contribution >= 4 is 11.9 Å². The number of hydrogen-bond acceptors (Lipinski definition) is 6. The summed E-state index contributed by atoms with van der Waals surface area (Å²) in [5.41, 5.74) is 3.77. The highest BCUT2D eigenvalue weighted by Crippen LogP contribution is 2.25. The minimum Gasteiger partial charge on any atom is -0.481 e. The summed E-state index contributed by atoms with van der Waals surface area (Å²) in [6.45, 7) is 2.18. The summed E-state index contributed by atoms with van der Waals surface area (Å²) in [6.07, 6.45) is 1.14. The van der Waals surface area contributed by atoms with Gasteiger partial charge in [0, 0.05) is 19.5 Å². The number of nitrogens with zero attached hydrogens (tertiary/aromatic N) is 2. The molecule has 0 aliphatic rings. The van der Waals surface area contributed by atoms with E-state index in [1.807, 2.05) is 66.7 Å². The Bertz CT molecular complexity index is 1500. The van der Waals surface area contributed by atoms with E-state index in [2.05, 4.69) is 11.0 Å². The summed E-state index contributed by atoms with van der Waals surface area (Å²) < 4.78 is 12.4. The molecule has 8 heteroatoms. The zero-order valence-electron chi connectivity index (χ0n) is 23.8. The van der Waals surface area contributed by atoms with E-state index in [0.717, 1.165) is 16.7 Å². The number of carbonyl (C=O) groups is 2. The predicted octanol–water partition coefficient (Wildman–Crippen LogP) is 7.06. The molecule has 2 N–H and O–H groups in total. The minimum atomic E-state index is -0.969. The van der Waals surface area contributed by atoms with Crippen LogP contribution in [0.2, 0.25) is 0 Å². The second kappa shape index (κ2) is 15.9. The molecule has 0 saturated heterocycles. The van der Waals surface area contributed by atoms with Crippen LogP contribution in [0.1, 0.15) is 58.0 Å². The fourth-order valence-corrected chi connectivity index (χ4v) is 4.60. The largest absolute Gasteiger partial charge is 0.481 e. The van der Waals surface area contributed by atoms with Crippen molar-refractivity contribution in [2.24, 2.45) is 0 Å². The molecule has 0 saturated carbocycles. The van der Waals surface area contributed by atoms with Gasteiger partial charge in [-0.05, 0) is 84.6 Å². The van der Waals surface area contributed by atoms with Crippen molar-refractivity contribution in [2.75, 3.05) is 13.1 Å². The first-order valence-corrected chi connectivity index (χ1v) is 14.1. The van der Waals surface area contributed by atoms with Crippen molar-refractivity contribution in [1.82, 2.24) is 4.90 Å². The van der Waals surface area contributed by atoms with Gasteiger partial charge in [0.2, 0.25) is 0 Å². The van der Waals surface area contributed by atoms with Crippen LogP contribution in [0.3, 0.4) is 0 Å². The summed E-state index contributed by atoms with van der Waals surface area (Å²) in [7, 11) is 0.